The van der Waals surface area contributed by atoms with Crippen LogP contribution in [0.15, 0.2) is 18.2 Å². The Kier molecular flexibility index (Phi) is 3.38. The third kappa shape index (κ3) is 3.38. The lowest BCUT2D eigenvalue weighted by Crippen LogP contribution is -2.12. The number of rotatable bonds is 2. The maximum absolute atomic E-state index is 12.9. The van der Waals surface area contributed by atoms with Crippen molar-refractivity contribution in [2.45, 2.75) is 13.8 Å². The van der Waals surface area contributed by atoms with E-state index < -0.39 is 5.82 Å². The van der Waals surface area contributed by atoms with Gasteiger partial charge < -0.3 is 10.6 Å². The maximum Gasteiger partial charge on any atom is 0.221 e. The number of halogens is 1. The minimum Gasteiger partial charge on any atom is -0.325 e. The van der Waals surface area contributed by atoms with Crippen molar-refractivity contribution in [3.05, 3.63) is 24.0 Å². The summed E-state index contributed by atoms with van der Waals surface area (Å²) in [6.45, 7) is 2.64. The van der Waals surface area contributed by atoms with E-state index >= 15 is 0 Å². The molecule has 1 rings (SSSR count). The summed E-state index contributed by atoms with van der Waals surface area (Å²) in [7, 11) is 0. The molecule has 0 atom stereocenters. The van der Waals surface area contributed by atoms with E-state index in [2.05, 4.69) is 10.6 Å². The zero-order valence-corrected chi connectivity index (χ0v) is 8.43. The second-order valence-electron chi connectivity index (χ2n) is 3.05. The van der Waals surface area contributed by atoms with Gasteiger partial charge in [-0.3, -0.25) is 9.59 Å². The van der Waals surface area contributed by atoms with Gasteiger partial charge in [-0.25, -0.2) is 4.39 Å². The number of nitrogens with one attached hydrogen (secondary N) is 2. The van der Waals surface area contributed by atoms with Crippen molar-refractivity contribution < 1.29 is 14.0 Å². The van der Waals surface area contributed by atoms with Crippen molar-refractivity contribution in [1.29, 1.82) is 0 Å². The van der Waals surface area contributed by atoms with E-state index in [1.54, 1.807) is 0 Å². The van der Waals surface area contributed by atoms with Crippen LogP contribution in [0.3, 0.4) is 0 Å². The molecule has 0 spiro atoms. The van der Waals surface area contributed by atoms with Gasteiger partial charge in [0.1, 0.15) is 5.82 Å². The van der Waals surface area contributed by atoms with Gasteiger partial charge in [-0.1, -0.05) is 0 Å². The molecule has 0 unspecified atom stereocenters. The molecule has 15 heavy (non-hydrogen) atoms. The SMILES string of the molecule is CC(=O)Nc1ccc(F)cc1NC(C)=O. The van der Waals surface area contributed by atoms with E-state index in [0.29, 0.717) is 5.69 Å². The zero-order valence-electron chi connectivity index (χ0n) is 8.43. The molecule has 2 amide bonds. The molecule has 0 saturated heterocycles. The molecular weight excluding hydrogens is 199 g/mol. The summed E-state index contributed by atoms with van der Waals surface area (Å²) in [5, 5.41) is 4.91. The van der Waals surface area contributed by atoms with Crippen LogP contribution in [0, 0.1) is 5.82 Å². The second-order valence-corrected chi connectivity index (χ2v) is 3.05. The van der Waals surface area contributed by atoms with Crippen LogP contribution in [0.25, 0.3) is 0 Å². The molecule has 0 aliphatic heterocycles. The number of carbonyl (C=O) groups is 2. The van der Waals surface area contributed by atoms with Crippen LogP contribution in [0.4, 0.5) is 15.8 Å². The van der Waals surface area contributed by atoms with Gasteiger partial charge >= 0.3 is 0 Å². The molecule has 0 aliphatic carbocycles. The highest BCUT2D eigenvalue weighted by Crippen LogP contribution is 2.22. The van der Waals surface area contributed by atoms with Gasteiger partial charge in [0.25, 0.3) is 0 Å². The van der Waals surface area contributed by atoms with Crippen LogP contribution >= 0.6 is 0 Å². The third-order valence-corrected chi connectivity index (χ3v) is 1.60. The Morgan fingerprint density at radius 2 is 1.60 bits per heavy atom. The Balaban J connectivity index is 3.02. The highest BCUT2D eigenvalue weighted by atomic mass is 19.1. The lowest BCUT2D eigenvalue weighted by atomic mass is 10.2. The average Bonchev–Trinajstić information content (AvgIpc) is 2.08. The normalized spacial score (nSPS) is 9.53. The molecule has 4 nitrogen and oxygen atoms in total. The summed E-state index contributed by atoms with van der Waals surface area (Å²) >= 11 is 0. The minimum absolute atomic E-state index is 0.248. The Bertz CT molecular complexity index is 404. The van der Waals surface area contributed by atoms with Crippen molar-refractivity contribution in [3.8, 4) is 0 Å². The van der Waals surface area contributed by atoms with E-state index in [1.165, 1.54) is 26.0 Å². The van der Waals surface area contributed by atoms with Crippen molar-refractivity contribution in [2.24, 2.45) is 0 Å². The largest absolute Gasteiger partial charge is 0.325 e. The molecule has 1 aromatic carbocycles. The number of benzene rings is 1. The molecule has 0 aromatic heterocycles. The van der Waals surface area contributed by atoms with Crippen molar-refractivity contribution in [1.82, 2.24) is 0 Å². The Hall–Kier alpha value is -1.91. The molecular formula is C10H11FN2O2. The average molecular weight is 210 g/mol. The molecule has 80 valence electrons. The first-order valence-electron chi connectivity index (χ1n) is 4.34. The Morgan fingerprint density at radius 1 is 1.07 bits per heavy atom. The molecule has 0 heterocycles. The summed E-state index contributed by atoms with van der Waals surface area (Å²) < 4.78 is 12.9. The van der Waals surface area contributed by atoms with Crippen LogP contribution in [-0.2, 0) is 9.59 Å². The van der Waals surface area contributed by atoms with Gasteiger partial charge in [-0.2, -0.15) is 0 Å². The topological polar surface area (TPSA) is 58.2 Å². The van der Waals surface area contributed by atoms with Crippen LogP contribution in [0.5, 0.6) is 0 Å². The van der Waals surface area contributed by atoms with Gasteiger partial charge in [-0.15, -0.1) is 0 Å². The predicted molar refractivity (Wildman–Crippen MR) is 55.0 cm³/mol. The van der Waals surface area contributed by atoms with Gasteiger partial charge in [-0.05, 0) is 18.2 Å². The Labute approximate surface area is 86.5 Å². The quantitative estimate of drug-likeness (QED) is 0.781. The van der Waals surface area contributed by atoms with E-state index in [-0.39, 0.29) is 17.5 Å². The summed E-state index contributed by atoms with van der Waals surface area (Å²) in [5.74, 6) is -1.09. The van der Waals surface area contributed by atoms with E-state index in [9.17, 15) is 14.0 Å². The standard InChI is InChI=1S/C10H11FN2O2/c1-6(14)12-9-4-3-8(11)5-10(9)13-7(2)15/h3-5H,1-2H3,(H,12,14)(H,13,15). The van der Waals surface area contributed by atoms with Crippen molar-refractivity contribution >= 4 is 23.2 Å². The molecule has 0 fully saturated rings. The molecule has 1 aromatic rings. The first-order valence-corrected chi connectivity index (χ1v) is 4.34. The summed E-state index contributed by atoms with van der Waals surface area (Å²) in [6, 6.07) is 3.74. The van der Waals surface area contributed by atoms with Crippen LogP contribution in [0.2, 0.25) is 0 Å². The molecule has 0 bridgehead atoms. The second kappa shape index (κ2) is 4.54. The molecule has 0 radical (unpaired) electrons. The van der Waals surface area contributed by atoms with E-state index in [4.69, 9.17) is 0 Å². The van der Waals surface area contributed by atoms with E-state index in [0.717, 1.165) is 6.07 Å². The summed E-state index contributed by atoms with van der Waals surface area (Å²) in [6.07, 6.45) is 0. The minimum atomic E-state index is -0.479. The lowest BCUT2D eigenvalue weighted by Gasteiger charge is -2.09. The molecule has 0 saturated carbocycles. The third-order valence-electron chi connectivity index (χ3n) is 1.60. The number of hydrogen-bond acceptors (Lipinski definition) is 2. The van der Waals surface area contributed by atoms with Crippen LogP contribution < -0.4 is 10.6 Å². The lowest BCUT2D eigenvalue weighted by molar-refractivity contribution is -0.115. The highest BCUT2D eigenvalue weighted by Gasteiger charge is 2.06. The predicted octanol–water partition coefficient (Wildman–Crippen LogP) is 1.74. The fourth-order valence-electron chi connectivity index (χ4n) is 1.11. The number of amides is 2. The van der Waals surface area contributed by atoms with Crippen molar-refractivity contribution in [2.75, 3.05) is 10.6 Å². The number of anilines is 2. The van der Waals surface area contributed by atoms with Crippen LogP contribution in [0.1, 0.15) is 13.8 Å². The smallest absolute Gasteiger partial charge is 0.221 e. The van der Waals surface area contributed by atoms with E-state index in [1.807, 2.05) is 0 Å². The highest BCUT2D eigenvalue weighted by molar-refractivity contribution is 5.98. The fraction of sp³-hybridized carbons (Fsp3) is 0.200. The van der Waals surface area contributed by atoms with Crippen LogP contribution in [-0.4, -0.2) is 11.8 Å². The fourth-order valence-corrected chi connectivity index (χ4v) is 1.11. The maximum atomic E-state index is 12.9. The van der Waals surface area contributed by atoms with Gasteiger partial charge in [0, 0.05) is 13.8 Å². The first kappa shape index (κ1) is 11.2. The first-order chi connectivity index (χ1) is 6.99. The van der Waals surface area contributed by atoms with Gasteiger partial charge in [0.2, 0.25) is 11.8 Å². The molecule has 2 N–H and O–H groups in total. The summed E-state index contributed by atoms with van der Waals surface area (Å²) in [5.41, 5.74) is 0.622. The monoisotopic (exact) mass is 210 g/mol. The molecule has 5 heteroatoms. The molecule has 0 aliphatic rings. The summed E-state index contributed by atoms with van der Waals surface area (Å²) in [4.78, 5) is 21.6. The van der Waals surface area contributed by atoms with Crippen molar-refractivity contribution in [3.63, 3.8) is 0 Å². The number of carbonyl (C=O) groups excluding carboxylic acids is 2. The Morgan fingerprint density at radius 3 is 2.13 bits per heavy atom. The zero-order chi connectivity index (χ0) is 11.4. The van der Waals surface area contributed by atoms with Gasteiger partial charge in [0.15, 0.2) is 0 Å². The number of hydrogen-bond donors (Lipinski definition) is 2. The van der Waals surface area contributed by atoms with Gasteiger partial charge in [0.05, 0.1) is 11.4 Å².